The van der Waals surface area contributed by atoms with E-state index in [0.29, 0.717) is 48.3 Å². The minimum absolute atomic E-state index is 0.0594. The smallest absolute Gasteiger partial charge is 0.309 e. The molecule has 1 aliphatic heterocycles. The second kappa shape index (κ2) is 7.74. The molecule has 4 heterocycles. The summed E-state index contributed by atoms with van der Waals surface area (Å²) in [4.78, 5) is 34.1. The largest absolute Gasteiger partial charge is 0.457 e. The third-order valence-electron chi connectivity index (χ3n) is 5.55. The van der Waals surface area contributed by atoms with Gasteiger partial charge in [0.2, 0.25) is 0 Å². The molecular weight excluding hydrogens is 400 g/mol. The maximum absolute atomic E-state index is 12.6. The number of anilines is 1. The summed E-state index contributed by atoms with van der Waals surface area (Å²) in [6.45, 7) is 3.18. The number of ether oxygens (including phenoxy) is 1. The Morgan fingerprint density at radius 2 is 2.06 bits per heavy atom. The van der Waals surface area contributed by atoms with E-state index >= 15 is 0 Å². The van der Waals surface area contributed by atoms with Crippen LogP contribution in [-0.2, 0) is 16.1 Å². The first-order valence-electron chi connectivity index (χ1n) is 10.0. The van der Waals surface area contributed by atoms with Crippen LogP contribution in [0.2, 0.25) is 0 Å². The lowest BCUT2D eigenvalue weighted by Gasteiger charge is -2.31. The fourth-order valence-electron chi connectivity index (χ4n) is 3.83. The zero-order valence-corrected chi connectivity index (χ0v) is 16.9. The van der Waals surface area contributed by atoms with Gasteiger partial charge in [-0.1, -0.05) is 12.1 Å². The minimum atomic E-state index is -0.281. The number of piperidine rings is 1. The van der Waals surface area contributed by atoms with Crippen LogP contribution in [-0.4, -0.2) is 54.3 Å². The van der Waals surface area contributed by atoms with Crippen LogP contribution in [0.4, 0.5) is 5.82 Å². The predicted octanol–water partition coefficient (Wildman–Crippen LogP) is 1.02. The highest BCUT2D eigenvalue weighted by molar-refractivity contribution is 5.80. The van der Waals surface area contributed by atoms with E-state index in [1.54, 1.807) is 6.07 Å². The molecular formula is C20H20N8O3. The highest BCUT2D eigenvalue weighted by atomic mass is 16.5. The van der Waals surface area contributed by atoms with Crippen molar-refractivity contribution >= 4 is 28.3 Å². The molecule has 0 aliphatic carbocycles. The van der Waals surface area contributed by atoms with Crippen LogP contribution in [0.1, 0.15) is 24.2 Å². The lowest BCUT2D eigenvalue weighted by atomic mass is 9.97. The average molecular weight is 420 g/mol. The molecule has 3 aromatic heterocycles. The number of aryl methyl sites for hydroxylation is 1. The Labute approximate surface area is 176 Å². The molecule has 0 saturated carbocycles. The van der Waals surface area contributed by atoms with E-state index in [1.807, 2.05) is 31.2 Å². The molecule has 11 heteroatoms. The number of aromatic amines is 1. The number of para-hydroxylation sites is 1. The number of H-pyrrole nitrogens is 1. The number of esters is 1. The zero-order valence-electron chi connectivity index (χ0n) is 16.9. The fourth-order valence-corrected chi connectivity index (χ4v) is 3.83. The molecule has 0 atom stereocenters. The number of nitrogens with zero attached hydrogens (tertiary/aromatic N) is 7. The van der Waals surface area contributed by atoms with Gasteiger partial charge in [0.1, 0.15) is 12.4 Å². The maximum atomic E-state index is 12.6. The third-order valence-corrected chi connectivity index (χ3v) is 5.55. The van der Waals surface area contributed by atoms with Gasteiger partial charge in [0.05, 0.1) is 16.8 Å². The van der Waals surface area contributed by atoms with Gasteiger partial charge in [-0.3, -0.25) is 9.59 Å². The molecule has 4 aromatic rings. The lowest BCUT2D eigenvalue weighted by molar-refractivity contribution is -0.150. The van der Waals surface area contributed by atoms with Gasteiger partial charge in [-0.25, -0.2) is 4.98 Å². The van der Waals surface area contributed by atoms with E-state index in [2.05, 4.69) is 35.5 Å². The SMILES string of the molecule is Cc1cccc2c(=O)[nH]c(COC(=O)C3CCN(c4ccc5nnnn5n4)CC3)nc12. The summed E-state index contributed by atoms with van der Waals surface area (Å²) in [6.07, 6.45) is 1.30. The van der Waals surface area contributed by atoms with Crippen molar-refractivity contribution in [2.24, 2.45) is 5.92 Å². The van der Waals surface area contributed by atoms with Crippen molar-refractivity contribution in [2.75, 3.05) is 18.0 Å². The molecule has 1 saturated heterocycles. The van der Waals surface area contributed by atoms with Gasteiger partial charge in [-0.05, 0) is 54.0 Å². The van der Waals surface area contributed by atoms with E-state index in [-0.39, 0.29) is 24.1 Å². The highest BCUT2D eigenvalue weighted by Crippen LogP contribution is 2.23. The standard InChI is InChI=1S/C20H20N8O3/c1-12-3-2-4-14-18(12)21-15(22-19(14)29)11-31-20(30)13-7-9-27(10-8-13)17-6-5-16-23-25-26-28(16)24-17/h2-6,13H,7-11H2,1H3,(H,21,22,29). The number of benzene rings is 1. The van der Waals surface area contributed by atoms with E-state index in [4.69, 9.17) is 4.74 Å². The van der Waals surface area contributed by atoms with Crippen LogP contribution in [0.15, 0.2) is 35.1 Å². The lowest BCUT2D eigenvalue weighted by Crippen LogP contribution is -2.37. The van der Waals surface area contributed by atoms with Crippen molar-refractivity contribution in [3.8, 4) is 0 Å². The molecule has 0 unspecified atom stereocenters. The first-order valence-corrected chi connectivity index (χ1v) is 10.0. The first kappa shape index (κ1) is 19.1. The molecule has 11 nitrogen and oxygen atoms in total. The van der Waals surface area contributed by atoms with Gasteiger partial charge >= 0.3 is 5.97 Å². The summed E-state index contributed by atoms with van der Waals surface area (Å²) < 4.78 is 6.85. The normalized spacial score (nSPS) is 14.9. The van der Waals surface area contributed by atoms with Crippen molar-refractivity contribution in [1.29, 1.82) is 0 Å². The monoisotopic (exact) mass is 420 g/mol. The Kier molecular flexibility index (Phi) is 4.77. The molecule has 1 fully saturated rings. The number of nitrogens with one attached hydrogen (secondary N) is 1. The van der Waals surface area contributed by atoms with Crippen LogP contribution in [0, 0.1) is 12.8 Å². The molecule has 1 N–H and O–H groups in total. The maximum Gasteiger partial charge on any atom is 0.309 e. The Bertz CT molecular complexity index is 1320. The van der Waals surface area contributed by atoms with Crippen LogP contribution in [0.5, 0.6) is 0 Å². The molecule has 1 aromatic carbocycles. The molecule has 1 aliphatic rings. The van der Waals surface area contributed by atoms with Crippen molar-refractivity contribution in [3.05, 3.63) is 52.1 Å². The number of hydrogen-bond acceptors (Lipinski definition) is 9. The van der Waals surface area contributed by atoms with Crippen molar-refractivity contribution in [1.82, 2.24) is 35.2 Å². The van der Waals surface area contributed by atoms with Crippen LogP contribution < -0.4 is 10.5 Å². The van der Waals surface area contributed by atoms with Gasteiger partial charge in [0, 0.05) is 13.1 Å². The summed E-state index contributed by atoms with van der Waals surface area (Å²) in [6, 6.07) is 9.11. The number of hydrogen-bond donors (Lipinski definition) is 1. The summed E-state index contributed by atoms with van der Waals surface area (Å²) in [5.74, 6) is 0.620. The fraction of sp³-hybridized carbons (Fsp3) is 0.350. The van der Waals surface area contributed by atoms with Crippen LogP contribution >= 0.6 is 0 Å². The second-order valence-electron chi connectivity index (χ2n) is 7.57. The zero-order chi connectivity index (χ0) is 21.4. The first-order chi connectivity index (χ1) is 15.1. The molecule has 0 amide bonds. The Balaban J connectivity index is 1.21. The number of aromatic nitrogens is 7. The van der Waals surface area contributed by atoms with Gasteiger partial charge < -0.3 is 14.6 Å². The van der Waals surface area contributed by atoms with Crippen LogP contribution in [0.25, 0.3) is 16.6 Å². The van der Waals surface area contributed by atoms with E-state index in [1.165, 1.54) is 4.63 Å². The van der Waals surface area contributed by atoms with Crippen LogP contribution in [0.3, 0.4) is 0 Å². The molecule has 0 spiro atoms. The number of fused-ring (bicyclic) bond motifs is 2. The van der Waals surface area contributed by atoms with E-state index in [0.717, 1.165) is 11.4 Å². The average Bonchev–Trinajstić information content (AvgIpc) is 3.26. The minimum Gasteiger partial charge on any atom is -0.457 e. The molecule has 158 valence electrons. The van der Waals surface area contributed by atoms with Gasteiger partial charge in [-0.2, -0.15) is 0 Å². The third kappa shape index (κ3) is 3.69. The Morgan fingerprint density at radius 1 is 1.23 bits per heavy atom. The topological polar surface area (TPSA) is 131 Å². The summed E-state index contributed by atoms with van der Waals surface area (Å²) in [5, 5.41) is 16.2. The molecule has 0 radical (unpaired) electrons. The van der Waals surface area contributed by atoms with Gasteiger partial charge in [0.15, 0.2) is 11.5 Å². The number of carbonyl (C=O) groups excluding carboxylic acids is 1. The molecule has 5 rings (SSSR count). The second-order valence-corrected chi connectivity index (χ2v) is 7.57. The summed E-state index contributed by atoms with van der Waals surface area (Å²) in [7, 11) is 0. The van der Waals surface area contributed by atoms with Crippen molar-refractivity contribution in [2.45, 2.75) is 26.4 Å². The van der Waals surface area contributed by atoms with Gasteiger partial charge in [0.25, 0.3) is 5.56 Å². The quantitative estimate of drug-likeness (QED) is 0.481. The van der Waals surface area contributed by atoms with E-state index < -0.39 is 0 Å². The van der Waals surface area contributed by atoms with Crippen molar-refractivity contribution in [3.63, 3.8) is 0 Å². The number of tetrazole rings is 1. The Hall–Kier alpha value is -3.89. The molecule has 0 bridgehead atoms. The van der Waals surface area contributed by atoms with E-state index in [9.17, 15) is 9.59 Å². The molecule has 31 heavy (non-hydrogen) atoms. The summed E-state index contributed by atoms with van der Waals surface area (Å²) in [5.41, 5.74) is 1.87. The highest BCUT2D eigenvalue weighted by Gasteiger charge is 2.27. The summed E-state index contributed by atoms with van der Waals surface area (Å²) >= 11 is 0. The Morgan fingerprint density at radius 3 is 2.90 bits per heavy atom. The number of rotatable bonds is 4. The van der Waals surface area contributed by atoms with Gasteiger partial charge in [-0.15, -0.1) is 14.8 Å². The van der Waals surface area contributed by atoms with Crippen molar-refractivity contribution < 1.29 is 9.53 Å². The predicted molar refractivity (Wildman–Crippen MR) is 110 cm³/mol. The number of carbonyl (C=O) groups is 1.